The Balaban J connectivity index is 0.00000288. The summed E-state index contributed by atoms with van der Waals surface area (Å²) in [5, 5.41) is 18.7. The van der Waals surface area contributed by atoms with Crippen LogP contribution in [0.25, 0.3) is 0 Å². The number of methoxy groups -OCH3 is 1. The first-order chi connectivity index (χ1) is 11.2. The van der Waals surface area contributed by atoms with E-state index in [2.05, 4.69) is 27.1 Å². The van der Waals surface area contributed by atoms with Crippen molar-refractivity contribution in [1.29, 1.82) is 0 Å². The van der Waals surface area contributed by atoms with Crippen molar-refractivity contribution in [3.8, 4) is 11.5 Å². The van der Waals surface area contributed by atoms with Gasteiger partial charge in [-0.3, -0.25) is 0 Å². The molecule has 0 aliphatic carbocycles. The smallest absolute Gasteiger partial charge is 0.191 e. The Kier molecular flexibility index (Phi) is 9.55. The lowest BCUT2D eigenvalue weighted by atomic mass is 10.1. The van der Waals surface area contributed by atoms with E-state index < -0.39 is 0 Å². The highest BCUT2D eigenvalue weighted by molar-refractivity contribution is 14.0. The normalized spacial score (nSPS) is 10.8. The van der Waals surface area contributed by atoms with Crippen LogP contribution in [-0.2, 0) is 13.0 Å². The first-order valence-corrected chi connectivity index (χ1v) is 8.52. The van der Waals surface area contributed by atoms with Gasteiger partial charge in [-0.15, -0.1) is 35.3 Å². The molecule has 0 saturated heterocycles. The van der Waals surface area contributed by atoms with Gasteiger partial charge in [-0.25, -0.2) is 4.99 Å². The van der Waals surface area contributed by atoms with E-state index in [0.717, 1.165) is 18.1 Å². The van der Waals surface area contributed by atoms with E-state index in [9.17, 15) is 5.11 Å². The summed E-state index contributed by atoms with van der Waals surface area (Å²) < 4.78 is 5.13. The number of aliphatic imine (C=N–C) groups is 1. The molecule has 0 fully saturated rings. The van der Waals surface area contributed by atoms with Gasteiger partial charge >= 0.3 is 0 Å². The van der Waals surface area contributed by atoms with Crippen molar-refractivity contribution in [3.63, 3.8) is 0 Å². The fourth-order valence-electron chi connectivity index (χ4n) is 2.15. The molecule has 0 atom stereocenters. The van der Waals surface area contributed by atoms with Crippen LogP contribution in [0.5, 0.6) is 11.5 Å². The van der Waals surface area contributed by atoms with Gasteiger partial charge in [0.05, 0.1) is 13.7 Å². The molecular weight excluding hydrogens is 437 g/mol. The molecule has 0 aliphatic heterocycles. The number of phenols is 1. The molecule has 0 amide bonds. The molecule has 0 aliphatic rings. The average Bonchev–Trinajstić information content (AvgIpc) is 3.07. The van der Waals surface area contributed by atoms with Crippen LogP contribution in [0, 0.1) is 0 Å². The molecule has 0 radical (unpaired) electrons. The maximum absolute atomic E-state index is 10.1. The van der Waals surface area contributed by atoms with Crippen LogP contribution < -0.4 is 15.4 Å². The second kappa shape index (κ2) is 11.1. The van der Waals surface area contributed by atoms with Crippen molar-refractivity contribution in [3.05, 3.63) is 46.2 Å². The van der Waals surface area contributed by atoms with Gasteiger partial charge < -0.3 is 20.5 Å². The van der Waals surface area contributed by atoms with E-state index in [-0.39, 0.29) is 29.7 Å². The number of guanidine groups is 1. The van der Waals surface area contributed by atoms with E-state index in [1.165, 1.54) is 4.88 Å². The van der Waals surface area contributed by atoms with Crippen LogP contribution in [0.15, 0.2) is 40.7 Å². The second-order valence-corrected chi connectivity index (χ2v) is 5.95. The molecule has 2 rings (SSSR count). The Morgan fingerprint density at radius 1 is 1.25 bits per heavy atom. The van der Waals surface area contributed by atoms with Crippen LogP contribution in [0.4, 0.5) is 0 Å². The Morgan fingerprint density at radius 3 is 2.75 bits per heavy atom. The van der Waals surface area contributed by atoms with Crippen molar-refractivity contribution >= 4 is 41.3 Å². The van der Waals surface area contributed by atoms with Gasteiger partial charge in [0.1, 0.15) is 0 Å². The molecule has 132 valence electrons. The summed E-state index contributed by atoms with van der Waals surface area (Å²) in [6.07, 6.45) is 0.687. The number of aromatic hydroxyl groups is 1. The van der Waals surface area contributed by atoms with Gasteiger partial charge in [0.15, 0.2) is 17.5 Å². The largest absolute Gasteiger partial charge is 0.504 e. The topological polar surface area (TPSA) is 65.9 Å². The lowest BCUT2D eigenvalue weighted by Gasteiger charge is -2.12. The number of hydrogen-bond acceptors (Lipinski definition) is 4. The van der Waals surface area contributed by atoms with Crippen LogP contribution in [0.1, 0.15) is 17.4 Å². The number of rotatable bonds is 7. The van der Waals surface area contributed by atoms with E-state index >= 15 is 0 Å². The first kappa shape index (κ1) is 20.6. The zero-order valence-corrected chi connectivity index (χ0v) is 17.1. The standard InChI is InChI=1S/C17H23N3O2S.HI/c1-3-18-17(20-12-14-7-5-11-23-14)19-10-9-13-6-4-8-15(22-2)16(13)21;/h4-8,11,21H,3,9-10,12H2,1-2H3,(H2,18,19,20);1H. The number of phenolic OH excluding ortho intramolecular Hbond substituents is 1. The minimum atomic E-state index is 0. The minimum Gasteiger partial charge on any atom is -0.504 e. The highest BCUT2D eigenvalue weighted by Gasteiger charge is 2.07. The Morgan fingerprint density at radius 2 is 2.08 bits per heavy atom. The molecule has 0 bridgehead atoms. The maximum atomic E-state index is 10.1. The number of nitrogens with one attached hydrogen (secondary N) is 2. The number of para-hydroxylation sites is 1. The van der Waals surface area contributed by atoms with Gasteiger partial charge in [0.2, 0.25) is 0 Å². The van der Waals surface area contributed by atoms with Crippen molar-refractivity contribution < 1.29 is 9.84 Å². The molecule has 0 unspecified atom stereocenters. The number of hydrogen-bond donors (Lipinski definition) is 3. The molecule has 7 heteroatoms. The molecule has 1 aromatic heterocycles. The van der Waals surface area contributed by atoms with Gasteiger partial charge in [-0.1, -0.05) is 18.2 Å². The van der Waals surface area contributed by atoms with Gasteiger partial charge in [-0.05, 0) is 36.4 Å². The third kappa shape index (κ3) is 6.20. The van der Waals surface area contributed by atoms with E-state index in [4.69, 9.17) is 4.74 Å². The maximum Gasteiger partial charge on any atom is 0.191 e. The van der Waals surface area contributed by atoms with E-state index in [0.29, 0.717) is 25.3 Å². The SMILES string of the molecule is CCNC(=NCc1cccs1)NCCc1cccc(OC)c1O.I. The molecule has 5 nitrogen and oxygen atoms in total. The Labute approximate surface area is 164 Å². The molecule has 1 aromatic carbocycles. The summed E-state index contributed by atoms with van der Waals surface area (Å²) in [6, 6.07) is 9.63. The highest BCUT2D eigenvalue weighted by Crippen LogP contribution is 2.29. The summed E-state index contributed by atoms with van der Waals surface area (Å²) in [5.41, 5.74) is 0.853. The Bertz CT molecular complexity index is 633. The molecule has 0 saturated carbocycles. The molecule has 0 spiro atoms. The third-order valence-corrected chi connectivity index (χ3v) is 4.17. The zero-order chi connectivity index (χ0) is 16.5. The van der Waals surface area contributed by atoms with Crippen LogP contribution in [0.3, 0.4) is 0 Å². The molecule has 3 N–H and O–H groups in total. The molecule has 24 heavy (non-hydrogen) atoms. The summed E-state index contributed by atoms with van der Waals surface area (Å²) in [5.74, 6) is 1.49. The fraction of sp³-hybridized carbons (Fsp3) is 0.353. The number of ether oxygens (including phenoxy) is 1. The van der Waals surface area contributed by atoms with Crippen molar-refractivity contribution in [2.45, 2.75) is 19.9 Å². The number of thiophene rings is 1. The Hall–Kier alpha value is -1.48. The number of halogens is 1. The number of benzene rings is 1. The zero-order valence-electron chi connectivity index (χ0n) is 13.9. The lowest BCUT2D eigenvalue weighted by Crippen LogP contribution is -2.38. The van der Waals surface area contributed by atoms with Gasteiger partial charge in [0, 0.05) is 18.0 Å². The third-order valence-electron chi connectivity index (χ3n) is 3.31. The predicted octanol–water partition coefficient (Wildman–Crippen LogP) is 3.38. The van der Waals surface area contributed by atoms with Crippen molar-refractivity contribution in [1.82, 2.24) is 10.6 Å². The molecule has 1 heterocycles. The molecular formula is C17H24IN3O2S. The van der Waals surface area contributed by atoms with Crippen LogP contribution >= 0.6 is 35.3 Å². The average molecular weight is 461 g/mol. The summed E-state index contributed by atoms with van der Waals surface area (Å²) in [4.78, 5) is 5.79. The monoisotopic (exact) mass is 461 g/mol. The van der Waals surface area contributed by atoms with Crippen molar-refractivity contribution in [2.24, 2.45) is 4.99 Å². The molecule has 2 aromatic rings. The number of nitrogens with zero attached hydrogens (tertiary/aromatic N) is 1. The summed E-state index contributed by atoms with van der Waals surface area (Å²) in [6.45, 7) is 4.19. The first-order valence-electron chi connectivity index (χ1n) is 7.64. The summed E-state index contributed by atoms with van der Waals surface area (Å²) in [7, 11) is 1.55. The second-order valence-electron chi connectivity index (χ2n) is 4.92. The van der Waals surface area contributed by atoms with Gasteiger partial charge in [-0.2, -0.15) is 0 Å². The van der Waals surface area contributed by atoms with Crippen molar-refractivity contribution in [2.75, 3.05) is 20.2 Å². The quantitative estimate of drug-likeness (QED) is 0.336. The predicted molar refractivity (Wildman–Crippen MR) is 111 cm³/mol. The minimum absolute atomic E-state index is 0. The summed E-state index contributed by atoms with van der Waals surface area (Å²) >= 11 is 1.70. The lowest BCUT2D eigenvalue weighted by molar-refractivity contribution is 0.370. The highest BCUT2D eigenvalue weighted by atomic mass is 127. The van der Waals surface area contributed by atoms with Crippen LogP contribution in [-0.4, -0.2) is 31.3 Å². The van der Waals surface area contributed by atoms with E-state index in [1.807, 2.05) is 25.1 Å². The fourth-order valence-corrected chi connectivity index (χ4v) is 2.78. The van der Waals surface area contributed by atoms with Gasteiger partial charge in [0.25, 0.3) is 0 Å². The van der Waals surface area contributed by atoms with Crippen LogP contribution in [0.2, 0.25) is 0 Å². The van der Waals surface area contributed by atoms with E-state index in [1.54, 1.807) is 24.5 Å².